The molecule has 66 heavy (non-hydrogen) atoms. The minimum Gasteiger partial charge on any atom is -0.462 e. The molecule has 1 heterocycles. The fraction of sp³-hybridized carbons (Fsp3) is 0.379. The van der Waals surface area contributed by atoms with Crippen molar-refractivity contribution in [1.29, 1.82) is 0 Å². The fourth-order valence-electron chi connectivity index (χ4n) is 8.02. The first-order chi connectivity index (χ1) is 32.4. The molecule has 1 aliphatic heterocycles. The fourth-order valence-corrected chi connectivity index (χ4v) is 13.1. The number of thioether (sulfide) groups is 4. The Hall–Kier alpha value is -4.44. The second-order valence-electron chi connectivity index (χ2n) is 16.6. The Morgan fingerprint density at radius 3 is 1.23 bits per heavy atom. The lowest BCUT2D eigenvalue weighted by molar-refractivity contribution is 0.0488. The number of fused-ring (bicyclic) bond motifs is 2. The van der Waals surface area contributed by atoms with Crippen molar-refractivity contribution in [2.24, 2.45) is 0 Å². The summed E-state index contributed by atoms with van der Waals surface area (Å²) in [4.78, 5) is 25.9. The van der Waals surface area contributed by atoms with Crippen molar-refractivity contribution in [2.75, 3.05) is 25.7 Å². The van der Waals surface area contributed by atoms with Crippen molar-refractivity contribution in [3.05, 3.63) is 138 Å². The summed E-state index contributed by atoms with van der Waals surface area (Å²) in [7, 11) is 0. The highest BCUT2D eigenvalue weighted by atomic mass is 32.3. The van der Waals surface area contributed by atoms with Gasteiger partial charge in [-0.3, -0.25) is 0 Å². The first-order valence-corrected chi connectivity index (χ1v) is 28.0. The highest BCUT2D eigenvalue weighted by Gasteiger charge is 2.23. The Balaban J connectivity index is 1.29. The number of esters is 2. The van der Waals surface area contributed by atoms with Gasteiger partial charge in [-0.25, -0.2) is 9.59 Å². The molecule has 344 valence electrons. The summed E-state index contributed by atoms with van der Waals surface area (Å²) < 4.78 is 15.2. The van der Waals surface area contributed by atoms with E-state index in [0.717, 1.165) is 63.6 Å². The van der Waals surface area contributed by atoms with E-state index in [1.54, 1.807) is 47.8 Å². The third-order valence-electron chi connectivity index (χ3n) is 11.7. The number of ether oxygens (including phenoxy) is 2. The molecule has 6 rings (SSSR count). The van der Waals surface area contributed by atoms with Gasteiger partial charge in [0, 0.05) is 21.6 Å². The van der Waals surface area contributed by atoms with Gasteiger partial charge in [-0.05, 0) is 95.4 Å². The molecule has 0 unspecified atom stereocenters. The minimum absolute atomic E-state index is 0.308. The molecule has 0 atom stereocenters. The number of unbranched alkanes of at least 4 members (excludes halogenated alkanes) is 14. The zero-order valence-electron chi connectivity index (χ0n) is 39.2. The molecule has 0 aliphatic carbocycles. The monoisotopic (exact) mass is 952 g/mol. The van der Waals surface area contributed by atoms with Crippen LogP contribution in [-0.4, -0.2) is 37.7 Å². The van der Waals surface area contributed by atoms with Crippen LogP contribution in [0.15, 0.2) is 106 Å². The maximum absolute atomic E-state index is 12.9. The van der Waals surface area contributed by atoms with Gasteiger partial charge in [-0.2, -0.15) is 0 Å². The molecule has 1 aliphatic rings. The Kier molecular flexibility index (Phi) is 21.6. The predicted molar refractivity (Wildman–Crippen MR) is 289 cm³/mol. The van der Waals surface area contributed by atoms with Gasteiger partial charge in [0.05, 0.1) is 42.6 Å². The van der Waals surface area contributed by atoms with Gasteiger partial charge in [0.1, 0.15) is 0 Å². The number of carbonyl (C=O) groups excluding carboxylic acids is 2. The second kappa shape index (κ2) is 28.0. The Labute approximate surface area is 411 Å². The molecule has 0 radical (unpaired) electrons. The van der Waals surface area contributed by atoms with Gasteiger partial charge >= 0.3 is 11.9 Å². The summed E-state index contributed by atoms with van der Waals surface area (Å²) in [5.74, 6) is 13.2. The van der Waals surface area contributed by atoms with Crippen LogP contribution in [0.2, 0.25) is 0 Å². The van der Waals surface area contributed by atoms with E-state index < -0.39 is 0 Å². The summed E-state index contributed by atoms with van der Waals surface area (Å²) in [5.41, 5.74) is 3.25. The van der Waals surface area contributed by atoms with E-state index >= 15 is 0 Å². The lowest BCUT2D eigenvalue weighted by Crippen LogP contribution is -2.17. The molecule has 4 nitrogen and oxygen atoms in total. The molecule has 0 amide bonds. The average Bonchev–Trinajstić information content (AvgIpc) is 3.78. The molecule has 0 aromatic heterocycles. The lowest BCUT2D eigenvalue weighted by Gasteiger charge is -2.10. The van der Waals surface area contributed by atoms with Crippen molar-refractivity contribution in [1.82, 2.24) is 0 Å². The minimum atomic E-state index is -0.308. The largest absolute Gasteiger partial charge is 0.462 e. The summed E-state index contributed by atoms with van der Waals surface area (Å²) in [6.07, 6.45) is 23.4. The molecule has 8 heteroatoms. The topological polar surface area (TPSA) is 52.6 Å². The highest BCUT2D eigenvalue weighted by Crippen LogP contribution is 2.57. The van der Waals surface area contributed by atoms with Crippen LogP contribution in [0.5, 0.6) is 0 Å². The van der Waals surface area contributed by atoms with Gasteiger partial charge in [0.2, 0.25) is 0 Å². The van der Waals surface area contributed by atoms with Crippen molar-refractivity contribution >= 4 is 90.3 Å². The smallest absolute Gasteiger partial charge is 0.338 e. The van der Waals surface area contributed by atoms with Crippen LogP contribution >= 0.6 is 47.0 Å². The van der Waals surface area contributed by atoms with E-state index in [0.29, 0.717) is 29.9 Å². The van der Waals surface area contributed by atoms with Crippen LogP contribution in [-0.2, 0) is 9.47 Å². The molecule has 0 saturated carbocycles. The molecule has 5 aromatic rings. The second-order valence-corrected chi connectivity index (χ2v) is 21.0. The van der Waals surface area contributed by atoms with Crippen LogP contribution in [0.4, 0.5) is 0 Å². The van der Waals surface area contributed by atoms with Crippen LogP contribution in [0.25, 0.3) is 31.4 Å². The quantitative estimate of drug-likeness (QED) is 0.0294. The summed E-state index contributed by atoms with van der Waals surface area (Å²) >= 11 is 7.31. The molecule has 0 fully saturated rings. The third-order valence-corrected chi connectivity index (χ3v) is 16.9. The van der Waals surface area contributed by atoms with Crippen molar-refractivity contribution < 1.29 is 19.1 Å². The maximum Gasteiger partial charge on any atom is 0.338 e. The normalized spacial score (nSPS) is 12.2. The number of benzene rings is 5. The zero-order valence-corrected chi connectivity index (χ0v) is 42.5. The molecule has 0 N–H and O–H groups in total. The molecule has 0 bridgehead atoms. The van der Waals surface area contributed by atoms with Gasteiger partial charge in [-0.1, -0.05) is 199 Å². The maximum atomic E-state index is 12.9. The van der Waals surface area contributed by atoms with E-state index in [9.17, 15) is 9.59 Å². The Morgan fingerprint density at radius 1 is 0.485 bits per heavy atom. The van der Waals surface area contributed by atoms with Gasteiger partial charge in [0.15, 0.2) is 0 Å². The average molecular weight is 953 g/mol. The third kappa shape index (κ3) is 14.8. The number of carbonyl (C=O) groups is 2. The molecule has 5 aromatic carbocycles. The first kappa shape index (κ1) is 51.0. The van der Waals surface area contributed by atoms with Crippen LogP contribution < -0.4 is 10.4 Å². The first-order valence-electron chi connectivity index (χ1n) is 23.9. The highest BCUT2D eigenvalue weighted by molar-refractivity contribution is 8.45. The lowest BCUT2D eigenvalue weighted by atomic mass is 9.95. The van der Waals surface area contributed by atoms with Crippen LogP contribution in [0, 0.1) is 23.7 Å². The summed E-state index contributed by atoms with van der Waals surface area (Å²) in [5, 5.41) is 6.65. The van der Waals surface area contributed by atoms with E-state index in [1.807, 2.05) is 47.8 Å². The number of hydrogen-bond acceptors (Lipinski definition) is 8. The Morgan fingerprint density at radius 2 is 0.848 bits per heavy atom. The SMILES string of the molecule is CCCCCCCCCCOC(=O)c1ccc(C#CC(C#Cc2ccc(C(=O)OCCCCCCCCCC)cc2)=c2c3ccccc3c(=C3SC(SC)=C(SC)S3)c3ccccc23)cc1. The molecular weight excluding hydrogens is 889 g/mol. The van der Waals surface area contributed by atoms with Crippen molar-refractivity contribution in [2.45, 2.75) is 117 Å². The summed E-state index contributed by atoms with van der Waals surface area (Å²) in [6, 6.07) is 31.8. The van der Waals surface area contributed by atoms with Crippen LogP contribution in [0.1, 0.15) is 148 Å². The van der Waals surface area contributed by atoms with Gasteiger partial charge in [0.25, 0.3) is 0 Å². The van der Waals surface area contributed by atoms with Crippen molar-refractivity contribution in [3.63, 3.8) is 0 Å². The van der Waals surface area contributed by atoms with E-state index in [-0.39, 0.29) is 11.9 Å². The van der Waals surface area contributed by atoms with E-state index in [1.165, 1.54) is 95.0 Å². The Bertz CT molecular complexity index is 2520. The van der Waals surface area contributed by atoms with E-state index in [4.69, 9.17) is 9.47 Å². The zero-order chi connectivity index (χ0) is 46.4. The number of rotatable bonds is 22. The predicted octanol–water partition coefficient (Wildman–Crippen LogP) is 15.2. The van der Waals surface area contributed by atoms with Crippen LogP contribution in [0.3, 0.4) is 0 Å². The van der Waals surface area contributed by atoms with E-state index in [2.05, 4.69) is 98.6 Å². The molecular formula is C58H64O4S4. The summed E-state index contributed by atoms with van der Waals surface area (Å²) in [6.45, 7) is 5.34. The number of hydrogen-bond donors (Lipinski definition) is 0. The van der Waals surface area contributed by atoms with Crippen molar-refractivity contribution in [3.8, 4) is 23.7 Å². The molecule has 0 spiro atoms. The molecule has 0 saturated heterocycles. The van der Waals surface area contributed by atoms with Gasteiger partial charge in [-0.15, -0.1) is 23.5 Å². The van der Waals surface area contributed by atoms with Gasteiger partial charge < -0.3 is 9.47 Å². The standard InChI is InChI=1S/C58H64O4S4/c1-5-7-9-11-13-15-17-23-41-61-54(59)46-37-31-43(32-38-46)29-35-45(36-30-44-33-39-47(40-34-44)55(60)62-42-24-18-16-14-12-10-8-6-2)52-48-25-19-21-27-50(48)53(51-28-22-20-26-49(51)52)56-65-57(63-3)58(64-4)66-56/h19-22,25-28,31-34,37-40H,5-18,23-24,41-42H2,1-4H3.